The van der Waals surface area contributed by atoms with Crippen molar-refractivity contribution >= 4 is 32.8 Å². The molecule has 2 aromatic heterocycles. The Hall–Kier alpha value is -1.23. The number of aliphatic hydroxyl groups is 1. The standard InChI is InChI=1S/C17H17FOS2/c1-17(2,3)15-7-6-12(21-15)16(19)14-8-10-4-5-11(18)9-13(10)20-14/h4-9,16,19H,1-3H3. The first-order valence-corrected chi connectivity index (χ1v) is 8.45. The van der Waals surface area contributed by atoms with Crippen molar-refractivity contribution in [3.8, 4) is 0 Å². The van der Waals surface area contributed by atoms with Crippen LogP contribution in [0.3, 0.4) is 0 Å². The minimum Gasteiger partial charge on any atom is -0.382 e. The van der Waals surface area contributed by atoms with Crippen LogP contribution in [0.1, 0.15) is 41.5 Å². The summed E-state index contributed by atoms with van der Waals surface area (Å²) in [6.45, 7) is 6.49. The maximum Gasteiger partial charge on any atom is 0.124 e. The smallest absolute Gasteiger partial charge is 0.124 e. The minimum absolute atomic E-state index is 0.0892. The number of halogens is 1. The van der Waals surface area contributed by atoms with Crippen LogP contribution in [0.25, 0.3) is 10.1 Å². The zero-order chi connectivity index (χ0) is 15.2. The van der Waals surface area contributed by atoms with Crippen molar-refractivity contribution < 1.29 is 9.50 Å². The third kappa shape index (κ3) is 2.89. The number of rotatable bonds is 2. The predicted octanol–water partition coefficient (Wildman–Crippen LogP) is 5.48. The van der Waals surface area contributed by atoms with Gasteiger partial charge in [0.05, 0.1) is 0 Å². The Morgan fingerprint density at radius 1 is 1.00 bits per heavy atom. The van der Waals surface area contributed by atoms with E-state index in [0.717, 1.165) is 19.8 Å². The van der Waals surface area contributed by atoms with Gasteiger partial charge in [0, 0.05) is 19.3 Å². The second kappa shape index (κ2) is 5.20. The number of aliphatic hydroxyl groups excluding tert-OH is 1. The van der Waals surface area contributed by atoms with Crippen molar-refractivity contribution in [2.75, 3.05) is 0 Å². The number of benzene rings is 1. The lowest BCUT2D eigenvalue weighted by Gasteiger charge is -2.15. The first-order valence-electron chi connectivity index (χ1n) is 6.82. The predicted molar refractivity (Wildman–Crippen MR) is 88.9 cm³/mol. The van der Waals surface area contributed by atoms with Gasteiger partial charge >= 0.3 is 0 Å². The van der Waals surface area contributed by atoms with E-state index in [0.29, 0.717) is 0 Å². The molecule has 3 aromatic rings. The van der Waals surface area contributed by atoms with E-state index < -0.39 is 6.10 Å². The molecule has 1 N–H and O–H groups in total. The van der Waals surface area contributed by atoms with Crippen LogP contribution >= 0.6 is 22.7 Å². The van der Waals surface area contributed by atoms with E-state index in [1.807, 2.05) is 12.1 Å². The summed E-state index contributed by atoms with van der Waals surface area (Å²) >= 11 is 3.09. The van der Waals surface area contributed by atoms with Gasteiger partial charge in [-0.1, -0.05) is 26.8 Å². The van der Waals surface area contributed by atoms with E-state index in [2.05, 4.69) is 26.8 Å². The van der Waals surface area contributed by atoms with Crippen molar-refractivity contribution in [3.63, 3.8) is 0 Å². The molecule has 2 heterocycles. The quantitative estimate of drug-likeness (QED) is 0.663. The van der Waals surface area contributed by atoms with Gasteiger partial charge in [0.25, 0.3) is 0 Å². The van der Waals surface area contributed by atoms with Crippen molar-refractivity contribution in [1.82, 2.24) is 0 Å². The molecule has 0 saturated heterocycles. The van der Waals surface area contributed by atoms with Gasteiger partial charge in [-0.25, -0.2) is 4.39 Å². The molecule has 1 unspecified atom stereocenters. The zero-order valence-electron chi connectivity index (χ0n) is 12.2. The lowest BCUT2D eigenvalue weighted by Crippen LogP contribution is -2.07. The summed E-state index contributed by atoms with van der Waals surface area (Å²) in [5.74, 6) is -0.239. The van der Waals surface area contributed by atoms with Crippen LogP contribution in [0.5, 0.6) is 0 Å². The topological polar surface area (TPSA) is 20.2 Å². The molecular weight excluding hydrogens is 303 g/mol. The van der Waals surface area contributed by atoms with Gasteiger partial charge in [0.2, 0.25) is 0 Å². The van der Waals surface area contributed by atoms with Crippen LogP contribution in [0.4, 0.5) is 4.39 Å². The highest BCUT2D eigenvalue weighted by atomic mass is 32.1. The molecule has 21 heavy (non-hydrogen) atoms. The summed E-state index contributed by atoms with van der Waals surface area (Å²) in [5, 5.41) is 11.5. The Bertz CT molecular complexity index is 780. The van der Waals surface area contributed by atoms with Gasteiger partial charge < -0.3 is 5.11 Å². The third-order valence-electron chi connectivity index (χ3n) is 3.41. The Balaban J connectivity index is 1.96. The Kier molecular flexibility index (Phi) is 3.64. The summed E-state index contributed by atoms with van der Waals surface area (Å²) < 4.78 is 14.1. The fraction of sp³-hybridized carbons (Fsp3) is 0.294. The summed E-state index contributed by atoms with van der Waals surface area (Å²) in [5.41, 5.74) is 0.0892. The highest BCUT2D eigenvalue weighted by Gasteiger charge is 2.20. The van der Waals surface area contributed by atoms with Gasteiger partial charge in [-0.15, -0.1) is 22.7 Å². The molecule has 4 heteroatoms. The van der Waals surface area contributed by atoms with Crippen LogP contribution < -0.4 is 0 Å². The highest BCUT2D eigenvalue weighted by molar-refractivity contribution is 7.19. The second-order valence-corrected chi connectivity index (χ2v) is 8.42. The Morgan fingerprint density at radius 3 is 2.43 bits per heavy atom. The lowest BCUT2D eigenvalue weighted by molar-refractivity contribution is 0.228. The first kappa shape index (κ1) is 14.7. The van der Waals surface area contributed by atoms with Gasteiger partial charge in [-0.05, 0) is 41.1 Å². The molecule has 0 aliphatic carbocycles. The van der Waals surface area contributed by atoms with Crippen LogP contribution in [0.15, 0.2) is 36.4 Å². The van der Waals surface area contributed by atoms with Crippen LogP contribution in [-0.4, -0.2) is 5.11 Å². The first-order chi connectivity index (χ1) is 9.84. The maximum absolute atomic E-state index is 13.3. The average molecular weight is 320 g/mol. The fourth-order valence-corrected chi connectivity index (χ4v) is 4.44. The summed E-state index contributed by atoms with van der Waals surface area (Å²) in [6, 6.07) is 10.7. The Morgan fingerprint density at radius 2 is 1.76 bits per heavy atom. The largest absolute Gasteiger partial charge is 0.382 e. The van der Waals surface area contributed by atoms with E-state index in [9.17, 15) is 9.50 Å². The van der Waals surface area contributed by atoms with E-state index in [1.165, 1.54) is 28.3 Å². The number of thiophene rings is 2. The summed E-state index contributed by atoms with van der Waals surface area (Å²) in [7, 11) is 0. The molecule has 0 fully saturated rings. The van der Waals surface area contributed by atoms with Gasteiger partial charge in [-0.3, -0.25) is 0 Å². The van der Waals surface area contributed by atoms with Crippen molar-refractivity contribution in [3.05, 3.63) is 56.8 Å². The minimum atomic E-state index is -0.633. The molecule has 0 aliphatic rings. The normalized spacial score (nSPS) is 13.8. The molecule has 0 bridgehead atoms. The van der Waals surface area contributed by atoms with Crippen molar-refractivity contribution in [1.29, 1.82) is 0 Å². The summed E-state index contributed by atoms with van der Waals surface area (Å²) in [4.78, 5) is 3.05. The molecule has 0 spiro atoms. The molecule has 1 nitrogen and oxygen atoms in total. The maximum atomic E-state index is 13.3. The van der Waals surface area contributed by atoms with Gasteiger partial charge in [0.1, 0.15) is 11.9 Å². The molecule has 0 aliphatic heterocycles. The second-order valence-electron chi connectivity index (χ2n) is 6.19. The third-order valence-corrected chi connectivity index (χ3v) is 6.12. The van der Waals surface area contributed by atoms with E-state index >= 15 is 0 Å². The number of hydrogen-bond acceptors (Lipinski definition) is 3. The average Bonchev–Trinajstić information content (AvgIpc) is 3.03. The van der Waals surface area contributed by atoms with Crippen molar-refractivity contribution in [2.24, 2.45) is 0 Å². The molecule has 1 atom stereocenters. The lowest BCUT2D eigenvalue weighted by atomic mass is 9.95. The fourth-order valence-electron chi connectivity index (χ4n) is 2.20. The zero-order valence-corrected chi connectivity index (χ0v) is 13.8. The number of hydrogen-bond donors (Lipinski definition) is 1. The molecule has 0 radical (unpaired) electrons. The highest BCUT2D eigenvalue weighted by Crippen LogP contribution is 2.38. The molecular formula is C17H17FOS2. The van der Waals surface area contributed by atoms with E-state index in [-0.39, 0.29) is 11.2 Å². The molecule has 0 saturated carbocycles. The monoisotopic (exact) mass is 320 g/mol. The SMILES string of the molecule is CC(C)(C)c1ccc(C(O)c2cc3ccc(F)cc3s2)s1. The van der Waals surface area contributed by atoms with E-state index in [1.54, 1.807) is 17.4 Å². The van der Waals surface area contributed by atoms with Crippen LogP contribution in [0, 0.1) is 5.82 Å². The molecule has 3 rings (SSSR count). The van der Waals surface area contributed by atoms with E-state index in [4.69, 9.17) is 0 Å². The summed E-state index contributed by atoms with van der Waals surface area (Å²) in [6.07, 6.45) is -0.633. The molecule has 0 amide bonds. The Labute approximate surface area is 131 Å². The van der Waals surface area contributed by atoms with Crippen LogP contribution in [0.2, 0.25) is 0 Å². The van der Waals surface area contributed by atoms with Crippen molar-refractivity contribution in [2.45, 2.75) is 32.3 Å². The number of fused-ring (bicyclic) bond motifs is 1. The van der Waals surface area contributed by atoms with Crippen LogP contribution in [-0.2, 0) is 5.41 Å². The van der Waals surface area contributed by atoms with Gasteiger partial charge in [0.15, 0.2) is 0 Å². The van der Waals surface area contributed by atoms with Gasteiger partial charge in [-0.2, -0.15) is 0 Å². The molecule has 110 valence electrons. The molecule has 1 aromatic carbocycles.